The van der Waals surface area contributed by atoms with Crippen molar-refractivity contribution in [1.29, 1.82) is 0 Å². The number of nitrogens with zero attached hydrogens (tertiary/aromatic N) is 2. The van der Waals surface area contributed by atoms with Crippen molar-refractivity contribution in [3.05, 3.63) is 23.9 Å². The van der Waals surface area contributed by atoms with Crippen LogP contribution in [0.4, 0.5) is 0 Å². The Bertz CT molecular complexity index is 296. The molecule has 0 atom stereocenters. The Kier molecular flexibility index (Phi) is 4.00. The van der Waals surface area contributed by atoms with Crippen molar-refractivity contribution < 1.29 is 4.74 Å². The fourth-order valence-corrected chi connectivity index (χ4v) is 2.00. The van der Waals surface area contributed by atoms with Gasteiger partial charge in [-0.1, -0.05) is 6.07 Å². The molecule has 0 saturated carbocycles. The molecule has 0 radical (unpaired) electrons. The first kappa shape index (κ1) is 10.9. The van der Waals surface area contributed by atoms with E-state index in [-0.39, 0.29) is 0 Å². The van der Waals surface area contributed by atoms with Gasteiger partial charge >= 0.3 is 0 Å². The smallest absolute Gasteiger partial charge is 0.0957 e. The van der Waals surface area contributed by atoms with E-state index in [9.17, 15) is 0 Å². The highest BCUT2D eigenvalue weighted by Crippen LogP contribution is 2.12. The second-order valence-corrected chi connectivity index (χ2v) is 4.42. The lowest BCUT2D eigenvalue weighted by atomic mass is 10.2. The van der Waals surface area contributed by atoms with Gasteiger partial charge in [0.05, 0.1) is 18.2 Å². The fraction of sp³-hybridized carbons (Fsp3) is 0.545. The molecule has 4 heteroatoms. The van der Waals surface area contributed by atoms with Gasteiger partial charge in [-0.3, -0.25) is 4.90 Å². The first-order chi connectivity index (χ1) is 7.38. The molecule has 2 heterocycles. The van der Waals surface area contributed by atoms with Gasteiger partial charge in [0, 0.05) is 25.8 Å². The minimum atomic E-state index is 0.857. The molecule has 1 fully saturated rings. The quantitative estimate of drug-likeness (QED) is 0.729. The van der Waals surface area contributed by atoms with E-state index in [4.69, 9.17) is 4.74 Å². The lowest BCUT2D eigenvalue weighted by Gasteiger charge is -2.26. The third kappa shape index (κ3) is 3.19. The lowest BCUT2D eigenvalue weighted by molar-refractivity contribution is 0.0341. The molecule has 1 aliphatic rings. The van der Waals surface area contributed by atoms with Crippen LogP contribution in [0.1, 0.15) is 5.56 Å². The number of morpholine rings is 1. The lowest BCUT2D eigenvalue weighted by Crippen LogP contribution is -2.35. The molecule has 0 bridgehead atoms. The van der Waals surface area contributed by atoms with Gasteiger partial charge in [0.1, 0.15) is 0 Å². The summed E-state index contributed by atoms with van der Waals surface area (Å²) in [5.41, 5.74) is 1.29. The zero-order chi connectivity index (χ0) is 10.5. The minimum Gasteiger partial charge on any atom is -0.379 e. The number of rotatable bonds is 3. The Balaban J connectivity index is 1.91. The third-order valence-electron chi connectivity index (χ3n) is 2.52. The summed E-state index contributed by atoms with van der Waals surface area (Å²) in [5, 5.41) is 1.08. The van der Waals surface area contributed by atoms with E-state index >= 15 is 0 Å². The van der Waals surface area contributed by atoms with Crippen molar-refractivity contribution in [1.82, 2.24) is 9.88 Å². The molecule has 0 aliphatic carbocycles. The maximum absolute atomic E-state index is 5.31. The molecule has 82 valence electrons. The average molecular weight is 224 g/mol. The normalized spacial score (nSPS) is 17.9. The van der Waals surface area contributed by atoms with Gasteiger partial charge in [-0.15, -0.1) is 11.8 Å². The molecule has 0 unspecified atom stereocenters. The summed E-state index contributed by atoms with van der Waals surface area (Å²) < 4.78 is 5.31. The molecule has 1 saturated heterocycles. The molecular formula is C11H16N2OS. The van der Waals surface area contributed by atoms with Crippen LogP contribution in [0.3, 0.4) is 0 Å². The van der Waals surface area contributed by atoms with Gasteiger partial charge < -0.3 is 4.74 Å². The second-order valence-electron chi connectivity index (χ2n) is 3.60. The maximum atomic E-state index is 5.31. The molecule has 0 aromatic carbocycles. The van der Waals surface area contributed by atoms with E-state index in [1.807, 2.05) is 12.5 Å². The highest BCUT2D eigenvalue weighted by Gasteiger charge is 2.10. The van der Waals surface area contributed by atoms with Gasteiger partial charge in [-0.05, 0) is 17.9 Å². The number of hydrogen-bond acceptors (Lipinski definition) is 4. The Morgan fingerprint density at radius 2 is 2.20 bits per heavy atom. The van der Waals surface area contributed by atoms with Crippen LogP contribution in [-0.4, -0.2) is 42.4 Å². The highest BCUT2D eigenvalue weighted by atomic mass is 32.2. The molecule has 1 aromatic heterocycles. The van der Waals surface area contributed by atoms with Crippen molar-refractivity contribution in [3.63, 3.8) is 0 Å². The average Bonchev–Trinajstić information content (AvgIpc) is 2.31. The number of aromatic nitrogens is 1. The van der Waals surface area contributed by atoms with Gasteiger partial charge in [-0.2, -0.15) is 0 Å². The number of hydrogen-bond donors (Lipinski definition) is 0. The van der Waals surface area contributed by atoms with Crippen molar-refractivity contribution in [2.45, 2.75) is 11.6 Å². The molecule has 1 aliphatic heterocycles. The first-order valence-electron chi connectivity index (χ1n) is 5.17. The minimum absolute atomic E-state index is 0.857. The van der Waals surface area contributed by atoms with E-state index in [1.165, 1.54) is 5.56 Å². The molecule has 0 spiro atoms. The summed E-state index contributed by atoms with van der Waals surface area (Å²) in [6.45, 7) is 4.77. The van der Waals surface area contributed by atoms with Gasteiger partial charge in [0.2, 0.25) is 0 Å². The SMILES string of the molecule is CSc1ccc(CN2CCOCC2)cn1. The Labute approximate surface area is 94.8 Å². The van der Waals surface area contributed by atoms with Crippen LogP contribution in [0, 0.1) is 0 Å². The summed E-state index contributed by atoms with van der Waals surface area (Å²) in [6.07, 6.45) is 4.02. The molecule has 0 N–H and O–H groups in total. The summed E-state index contributed by atoms with van der Waals surface area (Å²) >= 11 is 1.68. The van der Waals surface area contributed by atoms with E-state index in [2.05, 4.69) is 22.0 Å². The summed E-state index contributed by atoms with van der Waals surface area (Å²) in [6, 6.07) is 4.24. The van der Waals surface area contributed by atoms with Crippen LogP contribution in [0.15, 0.2) is 23.4 Å². The van der Waals surface area contributed by atoms with Gasteiger partial charge in [0.25, 0.3) is 0 Å². The Hall–Kier alpha value is -0.580. The van der Waals surface area contributed by atoms with Crippen molar-refractivity contribution in [2.24, 2.45) is 0 Å². The third-order valence-corrected chi connectivity index (χ3v) is 3.18. The highest BCUT2D eigenvalue weighted by molar-refractivity contribution is 7.98. The zero-order valence-corrected chi connectivity index (χ0v) is 9.80. The molecule has 2 rings (SSSR count). The van der Waals surface area contributed by atoms with Crippen LogP contribution >= 0.6 is 11.8 Å². The van der Waals surface area contributed by atoms with Crippen LogP contribution in [0.2, 0.25) is 0 Å². The summed E-state index contributed by atoms with van der Waals surface area (Å²) in [4.78, 5) is 6.77. The summed E-state index contributed by atoms with van der Waals surface area (Å²) in [5.74, 6) is 0. The van der Waals surface area contributed by atoms with Crippen LogP contribution in [-0.2, 0) is 11.3 Å². The van der Waals surface area contributed by atoms with Crippen molar-refractivity contribution in [2.75, 3.05) is 32.6 Å². The standard InChI is InChI=1S/C11H16N2OS/c1-15-11-3-2-10(8-12-11)9-13-4-6-14-7-5-13/h2-3,8H,4-7,9H2,1H3. The van der Waals surface area contributed by atoms with Crippen molar-refractivity contribution in [3.8, 4) is 0 Å². The van der Waals surface area contributed by atoms with E-state index in [0.717, 1.165) is 37.9 Å². The number of ether oxygens (including phenoxy) is 1. The second kappa shape index (κ2) is 5.49. The van der Waals surface area contributed by atoms with Gasteiger partial charge in [-0.25, -0.2) is 4.98 Å². The van der Waals surface area contributed by atoms with Gasteiger partial charge in [0.15, 0.2) is 0 Å². The monoisotopic (exact) mass is 224 g/mol. The Morgan fingerprint density at radius 3 is 2.80 bits per heavy atom. The molecule has 0 amide bonds. The van der Waals surface area contributed by atoms with Crippen LogP contribution in [0.5, 0.6) is 0 Å². The molecule has 15 heavy (non-hydrogen) atoms. The first-order valence-corrected chi connectivity index (χ1v) is 6.40. The molecule has 1 aromatic rings. The molecule has 3 nitrogen and oxygen atoms in total. The van der Waals surface area contributed by atoms with Crippen molar-refractivity contribution >= 4 is 11.8 Å². The predicted molar refractivity (Wildman–Crippen MR) is 62.1 cm³/mol. The molecular weight excluding hydrogens is 208 g/mol. The number of thioether (sulfide) groups is 1. The zero-order valence-electron chi connectivity index (χ0n) is 8.98. The van der Waals surface area contributed by atoms with E-state index in [0.29, 0.717) is 0 Å². The Morgan fingerprint density at radius 1 is 1.40 bits per heavy atom. The number of pyridine rings is 1. The largest absolute Gasteiger partial charge is 0.379 e. The van der Waals surface area contributed by atoms with E-state index < -0.39 is 0 Å². The van der Waals surface area contributed by atoms with Crippen LogP contribution in [0.25, 0.3) is 0 Å². The maximum Gasteiger partial charge on any atom is 0.0957 e. The van der Waals surface area contributed by atoms with Crippen LogP contribution < -0.4 is 0 Å². The predicted octanol–water partition coefficient (Wildman–Crippen LogP) is 1.64. The summed E-state index contributed by atoms with van der Waals surface area (Å²) in [7, 11) is 0. The fourth-order valence-electron chi connectivity index (χ4n) is 1.64. The van der Waals surface area contributed by atoms with E-state index in [1.54, 1.807) is 11.8 Å². The topological polar surface area (TPSA) is 25.4 Å².